The Labute approximate surface area is 146 Å². The second kappa shape index (κ2) is 9.82. The Bertz CT molecular complexity index is 702. The molecule has 25 heavy (non-hydrogen) atoms. The maximum absolute atomic E-state index is 10.5. The lowest BCUT2D eigenvalue weighted by molar-refractivity contribution is 0.246. The summed E-state index contributed by atoms with van der Waals surface area (Å²) in [7, 11) is 1.62. The number of ether oxygens (including phenoxy) is 3. The molecule has 0 aromatic heterocycles. The van der Waals surface area contributed by atoms with E-state index in [0.717, 1.165) is 29.2 Å². The van der Waals surface area contributed by atoms with Crippen LogP contribution in [-0.2, 0) is 0 Å². The number of rotatable bonds is 9. The van der Waals surface area contributed by atoms with Crippen LogP contribution in [0.25, 0.3) is 0 Å². The summed E-state index contributed by atoms with van der Waals surface area (Å²) < 4.78 is 16.4. The van der Waals surface area contributed by atoms with Crippen LogP contribution in [0.5, 0.6) is 17.2 Å². The fraction of sp³-hybridized carbons (Fsp3) is 0.222. The number of amides is 2. The number of hydrazone groups is 1. The number of carbonyl (C=O) groups is 1. The van der Waals surface area contributed by atoms with E-state index in [-0.39, 0.29) is 0 Å². The Morgan fingerprint density at radius 2 is 1.76 bits per heavy atom. The Morgan fingerprint density at radius 3 is 2.44 bits per heavy atom. The van der Waals surface area contributed by atoms with Crippen molar-refractivity contribution in [3.05, 3.63) is 54.1 Å². The highest BCUT2D eigenvalue weighted by Crippen LogP contribution is 2.19. The molecular formula is C18H21N3O4. The number of urea groups is 1. The largest absolute Gasteiger partial charge is 0.497 e. The van der Waals surface area contributed by atoms with Gasteiger partial charge in [0, 0.05) is 12.5 Å². The summed E-state index contributed by atoms with van der Waals surface area (Å²) in [4.78, 5) is 10.5. The van der Waals surface area contributed by atoms with Gasteiger partial charge in [0.25, 0.3) is 0 Å². The maximum Gasteiger partial charge on any atom is 0.332 e. The van der Waals surface area contributed by atoms with Gasteiger partial charge in [-0.3, -0.25) is 0 Å². The lowest BCUT2D eigenvalue weighted by Crippen LogP contribution is -2.24. The summed E-state index contributed by atoms with van der Waals surface area (Å²) in [6, 6.07) is 14.1. The standard InChI is InChI=1S/C18H21N3O4/c1-23-16-4-2-5-17(12-16)25-11-3-10-24-15-8-6-14(7-9-15)13-20-21-18(19)22/h2,4-9,12-13H,3,10-11H2,1H3,(H3,19,21,22)/b20-13+. The van der Waals surface area contributed by atoms with Gasteiger partial charge in [0.05, 0.1) is 26.5 Å². The summed E-state index contributed by atoms with van der Waals surface area (Å²) in [6.45, 7) is 1.09. The van der Waals surface area contributed by atoms with Crippen LogP contribution >= 0.6 is 0 Å². The molecule has 0 spiro atoms. The van der Waals surface area contributed by atoms with Gasteiger partial charge in [-0.1, -0.05) is 6.07 Å². The topological polar surface area (TPSA) is 95.2 Å². The number of hydrogen-bond donors (Lipinski definition) is 2. The van der Waals surface area contributed by atoms with Crippen LogP contribution in [0.15, 0.2) is 53.6 Å². The number of primary amides is 1. The SMILES string of the molecule is COc1cccc(OCCCOc2ccc(/C=N/NC(N)=O)cc2)c1. The predicted octanol–water partition coefficient (Wildman–Crippen LogP) is 2.55. The molecule has 0 saturated carbocycles. The van der Waals surface area contributed by atoms with Gasteiger partial charge in [0.15, 0.2) is 0 Å². The molecule has 2 amide bonds. The van der Waals surface area contributed by atoms with Crippen molar-refractivity contribution in [2.45, 2.75) is 6.42 Å². The Balaban J connectivity index is 1.67. The van der Waals surface area contributed by atoms with E-state index in [2.05, 4.69) is 10.5 Å². The average molecular weight is 343 g/mol. The normalized spacial score (nSPS) is 10.4. The third-order valence-corrected chi connectivity index (χ3v) is 3.14. The van der Waals surface area contributed by atoms with Gasteiger partial charge in [-0.2, -0.15) is 5.10 Å². The zero-order valence-electron chi connectivity index (χ0n) is 14.0. The van der Waals surface area contributed by atoms with Crippen molar-refractivity contribution in [2.24, 2.45) is 10.8 Å². The van der Waals surface area contributed by atoms with Gasteiger partial charge in [-0.15, -0.1) is 0 Å². The van der Waals surface area contributed by atoms with Crippen molar-refractivity contribution >= 4 is 12.2 Å². The first kappa shape index (κ1) is 18.1. The molecule has 0 atom stereocenters. The van der Waals surface area contributed by atoms with Crippen molar-refractivity contribution in [3.63, 3.8) is 0 Å². The Kier molecular flexibility index (Phi) is 7.12. The van der Waals surface area contributed by atoms with Gasteiger partial charge in [-0.05, 0) is 42.0 Å². The van der Waals surface area contributed by atoms with Crippen molar-refractivity contribution in [2.75, 3.05) is 20.3 Å². The number of nitrogens with zero attached hydrogens (tertiary/aromatic N) is 1. The smallest absolute Gasteiger partial charge is 0.332 e. The predicted molar refractivity (Wildman–Crippen MR) is 95.4 cm³/mol. The van der Waals surface area contributed by atoms with E-state index in [1.54, 1.807) is 7.11 Å². The third kappa shape index (κ3) is 6.82. The maximum atomic E-state index is 10.5. The lowest BCUT2D eigenvalue weighted by Gasteiger charge is -2.09. The van der Waals surface area contributed by atoms with Crippen LogP contribution in [0.1, 0.15) is 12.0 Å². The number of benzene rings is 2. The highest BCUT2D eigenvalue weighted by Gasteiger charge is 1.98. The number of methoxy groups -OCH3 is 1. The van der Waals surface area contributed by atoms with Crippen molar-refractivity contribution in [3.8, 4) is 17.2 Å². The number of hydrogen-bond acceptors (Lipinski definition) is 5. The van der Waals surface area contributed by atoms with Crippen molar-refractivity contribution in [1.29, 1.82) is 0 Å². The zero-order valence-corrected chi connectivity index (χ0v) is 14.0. The lowest BCUT2D eigenvalue weighted by atomic mass is 10.2. The summed E-state index contributed by atoms with van der Waals surface area (Å²) in [5.41, 5.74) is 7.87. The van der Waals surface area contributed by atoms with Crippen LogP contribution < -0.4 is 25.4 Å². The number of nitrogens with two attached hydrogens (primary N) is 1. The quantitative estimate of drug-likeness (QED) is 0.415. The van der Waals surface area contributed by atoms with Gasteiger partial charge in [0.2, 0.25) is 0 Å². The zero-order chi connectivity index (χ0) is 17.9. The van der Waals surface area contributed by atoms with Crippen LogP contribution in [0.2, 0.25) is 0 Å². The van der Waals surface area contributed by atoms with Crippen LogP contribution in [0, 0.1) is 0 Å². The van der Waals surface area contributed by atoms with Crippen LogP contribution in [0.3, 0.4) is 0 Å². The van der Waals surface area contributed by atoms with E-state index in [9.17, 15) is 4.79 Å². The molecule has 0 aliphatic rings. The van der Waals surface area contributed by atoms with Gasteiger partial charge in [0.1, 0.15) is 17.2 Å². The summed E-state index contributed by atoms with van der Waals surface area (Å²) in [6.07, 6.45) is 2.25. The van der Waals surface area contributed by atoms with Gasteiger partial charge in [-0.25, -0.2) is 10.2 Å². The molecule has 7 heteroatoms. The minimum atomic E-state index is -0.702. The highest BCUT2D eigenvalue weighted by atomic mass is 16.5. The minimum absolute atomic E-state index is 0.542. The van der Waals surface area contributed by atoms with E-state index in [1.165, 1.54) is 6.21 Å². The molecule has 132 valence electrons. The molecule has 2 rings (SSSR count). The first-order valence-electron chi connectivity index (χ1n) is 7.75. The van der Waals surface area contributed by atoms with E-state index in [1.807, 2.05) is 48.5 Å². The van der Waals surface area contributed by atoms with Gasteiger partial charge < -0.3 is 19.9 Å². The molecule has 0 unspecified atom stereocenters. The van der Waals surface area contributed by atoms with E-state index >= 15 is 0 Å². The number of carbonyl (C=O) groups excluding carboxylic acids is 1. The summed E-state index contributed by atoms with van der Waals surface area (Å²) >= 11 is 0. The molecule has 0 aliphatic carbocycles. The highest BCUT2D eigenvalue weighted by molar-refractivity contribution is 5.81. The second-order valence-corrected chi connectivity index (χ2v) is 5.03. The van der Waals surface area contributed by atoms with E-state index in [4.69, 9.17) is 19.9 Å². The third-order valence-electron chi connectivity index (χ3n) is 3.14. The first-order chi connectivity index (χ1) is 12.2. The van der Waals surface area contributed by atoms with E-state index in [0.29, 0.717) is 13.2 Å². The average Bonchev–Trinajstić information content (AvgIpc) is 2.62. The van der Waals surface area contributed by atoms with E-state index < -0.39 is 6.03 Å². The minimum Gasteiger partial charge on any atom is -0.497 e. The molecule has 2 aromatic carbocycles. The molecule has 0 aliphatic heterocycles. The van der Waals surface area contributed by atoms with Crippen LogP contribution in [-0.4, -0.2) is 32.6 Å². The molecular weight excluding hydrogens is 322 g/mol. The number of nitrogens with one attached hydrogen (secondary N) is 1. The Hall–Kier alpha value is -3.22. The molecule has 0 heterocycles. The molecule has 0 radical (unpaired) electrons. The Morgan fingerprint density at radius 1 is 1.08 bits per heavy atom. The summed E-state index contributed by atoms with van der Waals surface area (Å²) in [5, 5.41) is 3.68. The second-order valence-electron chi connectivity index (χ2n) is 5.03. The molecule has 7 nitrogen and oxygen atoms in total. The molecule has 0 fully saturated rings. The monoisotopic (exact) mass is 343 g/mol. The first-order valence-corrected chi connectivity index (χ1v) is 7.75. The van der Waals surface area contributed by atoms with Crippen LogP contribution in [0.4, 0.5) is 4.79 Å². The fourth-order valence-corrected chi connectivity index (χ4v) is 1.95. The molecule has 3 N–H and O–H groups in total. The van der Waals surface area contributed by atoms with Gasteiger partial charge >= 0.3 is 6.03 Å². The molecule has 2 aromatic rings. The summed E-state index contributed by atoms with van der Waals surface area (Å²) in [5.74, 6) is 2.29. The van der Waals surface area contributed by atoms with Crippen molar-refractivity contribution < 1.29 is 19.0 Å². The molecule has 0 saturated heterocycles. The van der Waals surface area contributed by atoms with Crippen molar-refractivity contribution in [1.82, 2.24) is 5.43 Å². The fourth-order valence-electron chi connectivity index (χ4n) is 1.95. The molecule has 0 bridgehead atoms.